The minimum Gasteiger partial charge on any atom is -0.464 e. The highest BCUT2D eigenvalue weighted by molar-refractivity contribution is 7.10. The molecule has 2 fully saturated rings. The summed E-state index contributed by atoms with van der Waals surface area (Å²) in [6, 6.07) is 9.77. The fourth-order valence-electron chi connectivity index (χ4n) is 8.43. The smallest absolute Gasteiger partial charge is 0.324 e. The number of fused-ring (bicyclic) bond motifs is 6. The Hall–Kier alpha value is -4.60. The van der Waals surface area contributed by atoms with Gasteiger partial charge >= 0.3 is 5.97 Å². The predicted octanol–water partition coefficient (Wildman–Crippen LogP) is 5.21. The molecule has 1 aliphatic carbocycles. The van der Waals surface area contributed by atoms with Crippen LogP contribution in [-0.2, 0) is 48.0 Å². The summed E-state index contributed by atoms with van der Waals surface area (Å²) in [4.78, 5) is 65.3. The van der Waals surface area contributed by atoms with Crippen LogP contribution in [0, 0.1) is 23.2 Å². The number of hydrazine groups is 1. The van der Waals surface area contributed by atoms with E-state index >= 15 is 0 Å². The number of thiazole rings is 1. The molecule has 1 aromatic carbocycles. The predicted molar refractivity (Wildman–Crippen MR) is 220 cm³/mol. The normalized spacial score (nSPS) is 24.0. The lowest BCUT2D eigenvalue weighted by atomic mass is 9.72. The van der Waals surface area contributed by atoms with E-state index in [1.165, 1.54) is 28.7 Å². The molecule has 2 aliphatic heterocycles. The average molecular weight is 795 g/mol. The van der Waals surface area contributed by atoms with Crippen molar-refractivity contribution in [1.82, 2.24) is 35.1 Å². The number of hydrogen-bond acceptors (Lipinski definition) is 10. The molecule has 0 spiro atoms. The van der Waals surface area contributed by atoms with Crippen molar-refractivity contribution in [2.45, 2.75) is 84.8 Å². The summed E-state index contributed by atoms with van der Waals surface area (Å²) in [6.45, 7) is 11.5. The molecule has 3 amide bonds. The Morgan fingerprint density at radius 1 is 1.21 bits per heavy atom. The van der Waals surface area contributed by atoms with E-state index in [-0.39, 0.29) is 48.7 Å². The number of ether oxygens (including phenoxy) is 2. The highest BCUT2D eigenvalue weighted by Gasteiger charge is 2.56. The van der Waals surface area contributed by atoms with Crippen molar-refractivity contribution >= 4 is 53.3 Å². The number of aromatic nitrogens is 3. The quantitative estimate of drug-likeness (QED) is 0.181. The number of benzene rings is 1. The minimum atomic E-state index is -0.788. The van der Waals surface area contributed by atoms with Gasteiger partial charge in [0, 0.05) is 85.6 Å². The van der Waals surface area contributed by atoms with E-state index in [4.69, 9.17) is 19.4 Å². The van der Waals surface area contributed by atoms with Crippen molar-refractivity contribution in [3.05, 3.63) is 58.2 Å². The largest absolute Gasteiger partial charge is 0.464 e. The van der Waals surface area contributed by atoms with E-state index < -0.39 is 29.2 Å². The van der Waals surface area contributed by atoms with Crippen molar-refractivity contribution in [2.24, 2.45) is 23.2 Å². The van der Waals surface area contributed by atoms with Crippen LogP contribution in [-0.4, -0.2) is 95.9 Å². The summed E-state index contributed by atoms with van der Waals surface area (Å²) in [6.07, 6.45) is 3.52. The first-order chi connectivity index (χ1) is 27.2. The van der Waals surface area contributed by atoms with E-state index in [9.17, 15) is 19.2 Å². The lowest BCUT2D eigenvalue weighted by molar-refractivity contribution is -0.154. The van der Waals surface area contributed by atoms with Gasteiger partial charge in [-0.2, -0.15) is 0 Å². The van der Waals surface area contributed by atoms with Crippen LogP contribution in [0.3, 0.4) is 0 Å². The van der Waals surface area contributed by atoms with Crippen molar-refractivity contribution in [2.75, 3.05) is 34.4 Å². The van der Waals surface area contributed by atoms with Crippen LogP contribution in [0.25, 0.3) is 33.4 Å². The molecule has 3 aromatic heterocycles. The molecular formula is C42H53BN7O6S. The van der Waals surface area contributed by atoms with E-state index in [1.54, 1.807) is 27.4 Å². The Morgan fingerprint density at radius 2 is 2.00 bits per heavy atom. The maximum absolute atomic E-state index is 14.2. The number of cyclic esters (lactones) is 1. The SMILES string of the molecule is CCn1c(-c2cccnc2[C@H](C)OC)c2c3cc(ccc31)-c1csc(n1)CC([B]NC(=O)[C@@H]1[C@@H](C)[C@H]1C(=O)N(C)C)C(=O)N1CCC[C@H](N1)C(=O)OCC(C)(C)C2. The van der Waals surface area contributed by atoms with Crippen LogP contribution in [0.5, 0.6) is 0 Å². The second kappa shape index (κ2) is 16.3. The third kappa shape index (κ3) is 8.11. The van der Waals surface area contributed by atoms with E-state index in [2.05, 4.69) is 60.3 Å². The lowest BCUT2D eigenvalue weighted by Crippen LogP contribution is -2.57. The van der Waals surface area contributed by atoms with Crippen molar-refractivity contribution in [3.63, 3.8) is 0 Å². The molecule has 1 saturated carbocycles. The van der Waals surface area contributed by atoms with Crippen LogP contribution < -0.4 is 10.7 Å². The zero-order valence-electron chi connectivity index (χ0n) is 34.1. The van der Waals surface area contributed by atoms with Gasteiger partial charge in [0.15, 0.2) is 0 Å². The number of amides is 3. The number of rotatable bonds is 8. The highest BCUT2D eigenvalue weighted by atomic mass is 32.1. The number of carbonyl (C=O) groups excluding carboxylic acids is 4. The summed E-state index contributed by atoms with van der Waals surface area (Å²) in [5.74, 6) is -2.82. The summed E-state index contributed by atoms with van der Waals surface area (Å²) in [5, 5.41) is 8.17. The minimum absolute atomic E-state index is 0.0839. The third-order valence-electron chi connectivity index (χ3n) is 11.7. The Kier molecular flexibility index (Phi) is 11.6. The van der Waals surface area contributed by atoms with E-state index in [0.717, 1.165) is 56.2 Å². The number of methoxy groups -OCH3 is 1. The number of aryl methyl sites for hydroxylation is 1. The van der Waals surface area contributed by atoms with Gasteiger partial charge in [0.25, 0.3) is 7.41 Å². The molecule has 1 radical (unpaired) electrons. The molecule has 1 saturated heterocycles. The van der Waals surface area contributed by atoms with Crippen LogP contribution in [0.4, 0.5) is 0 Å². The maximum atomic E-state index is 14.2. The Bertz CT molecular complexity index is 2180. The van der Waals surface area contributed by atoms with Crippen molar-refractivity contribution < 1.29 is 28.7 Å². The van der Waals surface area contributed by atoms with Gasteiger partial charge < -0.3 is 24.2 Å². The van der Waals surface area contributed by atoms with Gasteiger partial charge in [0.2, 0.25) is 17.7 Å². The second-order valence-corrected chi connectivity index (χ2v) is 17.6. The number of nitrogens with one attached hydrogen (secondary N) is 2. The van der Waals surface area contributed by atoms with Gasteiger partial charge in [-0.05, 0) is 68.9 Å². The van der Waals surface area contributed by atoms with Gasteiger partial charge in [-0.3, -0.25) is 29.2 Å². The van der Waals surface area contributed by atoms with Crippen LogP contribution in [0.2, 0.25) is 5.82 Å². The summed E-state index contributed by atoms with van der Waals surface area (Å²) in [5.41, 5.74) is 9.51. The number of esters is 1. The van der Waals surface area contributed by atoms with E-state index in [1.807, 2.05) is 25.3 Å². The molecule has 5 heterocycles. The third-order valence-corrected chi connectivity index (χ3v) is 12.6. The van der Waals surface area contributed by atoms with Crippen LogP contribution in [0.15, 0.2) is 41.9 Å². The first-order valence-electron chi connectivity index (χ1n) is 19.9. The zero-order chi connectivity index (χ0) is 40.8. The molecule has 6 atom stereocenters. The molecule has 3 aliphatic rings. The molecule has 2 N–H and O–H groups in total. The number of carbonyl (C=O) groups is 4. The Morgan fingerprint density at radius 3 is 2.74 bits per heavy atom. The molecular weight excluding hydrogens is 741 g/mol. The highest BCUT2D eigenvalue weighted by Crippen LogP contribution is 2.47. The summed E-state index contributed by atoms with van der Waals surface area (Å²) < 4.78 is 14.2. The van der Waals surface area contributed by atoms with Gasteiger partial charge in [0.05, 0.1) is 46.6 Å². The zero-order valence-corrected chi connectivity index (χ0v) is 34.9. The Balaban J connectivity index is 1.28. The fourth-order valence-corrected chi connectivity index (χ4v) is 9.29. The first kappa shape index (κ1) is 40.6. The molecule has 13 nitrogen and oxygen atoms in total. The maximum Gasteiger partial charge on any atom is 0.324 e. The first-order valence-corrected chi connectivity index (χ1v) is 20.8. The van der Waals surface area contributed by atoms with Crippen LogP contribution >= 0.6 is 11.3 Å². The second-order valence-electron chi connectivity index (χ2n) is 16.6. The van der Waals surface area contributed by atoms with Gasteiger partial charge in [-0.1, -0.05) is 26.8 Å². The fraction of sp³-hybridized carbons (Fsp3) is 0.524. The molecule has 1 unspecified atom stereocenters. The monoisotopic (exact) mass is 794 g/mol. The standard InChI is InChI=1S/C42H53BN7O6S/c1-9-49-32-15-14-25-18-27(32)28(37(49)26-12-10-16-44-36(26)24(3)55-8)20-42(4,5)22-56-41(54)30-13-11-17-50(47-30)39(52)29(19-33-45-31(25)21-57-33)43-46-38(51)34-23(2)35(34)40(53)48(6)7/h10,12,14-16,18,21,23-24,29-30,34-35,47H,9,11,13,17,19-20,22H2,1-8H3,(H,46,51)/t23-,24+,29?,30+,34-,35-/m1/s1. The number of hydrogen-bond donors (Lipinski definition) is 2. The Labute approximate surface area is 339 Å². The molecule has 4 aromatic rings. The molecule has 57 heavy (non-hydrogen) atoms. The van der Waals surface area contributed by atoms with E-state index in [0.29, 0.717) is 25.8 Å². The molecule has 6 bridgehead atoms. The topological polar surface area (TPSA) is 148 Å². The lowest BCUT2D eigenvalue weighted by Gasteiger charge is -2.35. The molecule has 7 rings (SSSR count). The van der Waals surface area contributed by atoms with Crippen molar-refractivity contribution in [1.29, 1.82) is 0 Å². The number of pyridine rings is 1. The summed E-state index contributed by atoms with van der Waals surface area (Å²) >= 11 is 1.46. The number of nitrogens with zero attached hydrogens (tertiary/aromatic N) is 5. The van der Waals surface area contributed by atoms with Gasteiger partial charge in [-0.25, -0.2) is 10.4 Å². The van der Waals surface area contributed by atoms with Gasteiger partial charge in [0.1, 0.15) is 6.04 Å². The average Bonchev–Trinajstić information content (AvgIpc) is 3.50. The van der Waals surface area contributed by atoms with Crippen LogP contribution in [0.1, 0.15) is 69.8 Å². The molecule has 301 valence electrons. The van der Waals surface area contributed by atoms with Crippen molar-refractivity contribution in [3.8, 4) is 22.5 Å². The molecule has 15 heteroatoms. The van der Waals surface area contributed by atoms with Gasteiger partial charge in [-0.15, -0.1) is 11.3 Å². The summed E-state index contributed by atoms with van der Waals surface area (Å²) in [7, 11) is 6.59.